The Kier molecular flexibility index (Phi) is 7.68. The summed E-state index contributed by atoms with van der Waals surface area (Å²) >= 11 is 6.03. The van der Waals surface area contributed by atoms with Crippen molar-refractivity contribution in [1.29, 1.82) is 0 Å². The van der Waals surface area contributed by atoms with Gasteiger partial charge in [-0.05, 0) is 37.6 Å². The van der Waals surface area contributed by atoms with Crippen LogP contribution in [0.1, 0.15) is 23.9 Å². The highest BCUT2D eigenvalue weighted by molar-refractivity contribution is 6.30. The van der Waals surface area contributed by atoms with Gasteiger partial charge in [-0.3, -0.25) is 0 Å². The minimum atomic E-state index is 0.512. The standard InChI is InChI=1S/C22H26ClN5O2/c1-4-24-22(26-14-17-9-8-15(2)12-19(17)29-3)25-11-10-20-27-21(28-30-20)16-6-5-7-18(23)13-16/h5-9,12-13H,4,10-11,14H2,1-3H3,(H2,24,25,26). The number of hydrogen-bond acceptors (Lipinski definition) is 5. The molecule has 0 aliphatic carbocycles. The van der Waals surface area contributed by atoms with E-state index in [0.717, 1.165) is 34.9 Å². The van der Waals surface area contributed by atoms with Gasteiger partial charge >= 0.3 is 0 Å². The number of ether oxygens (including phenoxy) is 1. The van der Waals surface area contributed by atoms with Gasteiger partial charge in [-0.25, -0.2) is 4.99 Å². The molecular formula is C22H26ClN5O2. The highest BCUT2D eigenvalue weighted by Gasteiger charge is 2.09. The van der Waals surface area contributed by atoms with Crippen molar-refractivity contribution in [1.82, 2.24) is 20.8 Å². The van der Waals surface area contributed by atoms with Crippen molar-refractivity contribution in [3.63, 3.8) is 0 Å². The molecule has 0 aliphatic heterocycles. The number of rotatable bonds is 8. The highest BCUT2D eigenvalue weighted by atomic mass is 35.5. The van der Waals surface area contributed by atoms with Gasteiger partial charge in [0.25, 0.3) is 0 Å². The van der Waals surface area contributed by atoms with Crippen molar-refractivity contribution in [2.24, 2.45) is 4.99 Å². The van der Waals surface area contributed by atoms with Crippen LogP contribution in [0.25, 0.3) is 11.4 Å². The molecule has 7 nitrogen and oxygen atoms in total. The predicted molar refractivity (Wildman–Crippen MR) is 119 cm³/mol. The van der Waals surface area contributed by atoms with Gasteiger partial charge < -0.3 is 19.9 Å². The molecule has 0 atom stereocenters. The Balaban J connectivity index is 1.58. The minimum Gasteiger partial charge on any atom is -0.496 e. The second-order valence-electron chi connectivity index (χ2n) is 6.71. The molecule has 0 spiro atoms. The van der Waals surface area contributed by atoms with Crippen molar-refractivity contribution < 1.29 is 9.26 Å². The molecule has 0 bridgehead atoms. The molecule has 3 aromatic rings. The highest BCUT2D eigenvalue weighted by Crippen LogP contribution is 2.21. The molecule has 30 heavy (non-hydrogen) atoms. The van der Waals surface area contributed by atoms with Crippen LogP contribution in [0, 0.1) is 6.92 Å². The summed E-state index contributed by atoms with van der Waals surface area (Å²) in [6.07, 6.45) is 0.575. The Morgan fingerprint density at radius 1 is 1.20 bits per heavy atom. The Morgan fingerprint density at radius 3 is 2.83 bits per heavy atom. The van der Waals surface area contributed by atoms with Gasteiger partial charge in [-0.1, -0.05) is 41.0 Å². The number of benzene rings is 2. The lowest BCUT2D eigenvalue weighted by Crippen LogP contribution is -2.38. The molecule has 0 radical (unpaired) electrons. The fourth-order valence-electron chi connectivity index (χ4n) is 2.88. The summed E-state index contributed by atoms with van der Waals surface area (Å²) in [5.41, 5.74) is 3.01. The Bertz CT molecular complexity index is 1000. The third kappa shape index (κ3) is 5.97. The Hall–Kier alpha value is -3.06. The zero-order chi connectivity index (χ0) is 21.3. The summed E-state index contributed by atoms with van der Waals surface area (Å²) in [7, 11) is 1.67. The van der Waals surface area contributed by atoms with Gasteiger partial charge in [0.2, 0.25) is 11.7 Å². The van der Waals surface area contributed by atoms with E-state index in [9.17, 15) is 0 Å². The first kappa shape index (κ1) is 21.6. The fraction of sp³-hybridized carbons (Fsp3) is 0.318. The number of nitrogens with zero attached hydrogens (tertiary/aromatic N) is 3. The summed E-state index contributed by atoms with van der Waals surface area (Å²) in [5.74, 6) is 2.64. The maximum atomic E-state index is 6.03. The van der Waals surface area contributed by atoms with E-state index >= 15 is 0 Å². The van der Waals surface area contributed by atoms with E-state index < -0.39 is 0 Å². The van der Waals surface area contributed by atoms with Gasteiger partial charge in [-0.2, -0.15) is 4.98 Å². The fourth-order valence-corrected chi connectivity index (χ4v) is 3.07. The lowest BCUT2D eigenvalue weighted by atomic mass is 10.1. The smallest absolute Gasteiger partial charge is 0.228 e. The number of methoxy groups -OCH3 is 1. The van der Waals surface area contributed by atoms with Crippen molar-refractivity contribution >= 4 is 17.6 Å². The first-order chi connectivity index (χ1) is 14.6. The molecule has 0 aliphatic rings. The van der Waals surface area contributed by atoms with Crippen LogP contribution in [-0.4, -0.2) is 36.3 Å². The maximum absolute atomic E-state index is 6.03. The van der Waals surface area contributed by atoms with Gasteiger partial charge in [0.1, 0.15) is 5.75 Å². The minimum absolute atomic E-state index is 0.512. The molecule has 3 rings (SSSR count). The zero-order valence-corrected chi connectivity index (χ0v) is 18.2. The summed E-state index contributed by atoms with van der Waals surface area (Å²) in [5, 5.41) is 11.2. The Labute approximate surface area is 181 Å². The maximum Gasteiger partial charge on any atom is 0.228 e. The van der Waals surface area contributed by atoms with Crippen molar-refractivity contribution in [2.75, 3.05) is 20.2 Å². The second kappa shape index (κ2) is 10.6. The molecular weight excluding hydrogens is 402 g/mol. The number of aromatic nitrogens is 2. The zero-order valence-electron chi connectivity index (χ0n) is 17.4. The average Bonchev–Trinajstić information content (AvgIpc) is 3.21. The largest absolute Gasteiger partial charge is 0.496 e. The van der Waals surface area contributed by atoms with Crippen molar-refractivity contribution in [2.45, 2.75) is 26.8 Å². The van der Waals surface area contributed by atoms with Crippen LogP contribution in [0.3, 0.4) is 0 Å². The van der Waals surface area contributed by atoms with E-state index in [2.05, 4.69) is 31.8 Å². The van der Waals surface area contributed by atoms with Crippen LogP contribution in [0.5, 0.6) is 5.75 Å². The van der Waals surface area contributed by atoms with E-state index in [4.69, 9.17) is 20.9 Å². The lowest BCUT2D eigenvalue weighted by molar-refractivity contribution is 0.378. The normalized spacial score (nSPS) is 11.4. The first-order valence-electron chi connectivity index (χ1n) is 9.83. The summed E-state index contributed by atoms with van der Waals surface area (Å²) in [4.78, 5) is 9.08. The van der Waals surface area contributed by atoms with Crippen LogP contribution >= 0.6 is 11.6 Å². The van der Waals surface area contributed by atoms with Crippen LogP contribution in [0.15, 0.2) is 52.0 Å². The van der Waals surface area contributed by atoms with E-state index in [1.165, 1.54) is 0 Å². The third-order valence-electron chi connectivity index (χ3n) is 4.38. The summed E-state index contributed by atoms with van der Waals surface area (Å²) in [6, 6.07) is 13.5. The third-order valence-corrected chi connectivity index (χ3v) is 4.61. The van der Waals surface area contributed by atoms with E-state index in [1.807, 2.05) is 50.2 Å². The van der Waals surface area contributed by atoms with E-state index in [1.54, 1.807) is 7.11 Å². The van der Waals surface area contributed by atoms with Crippen molar-refractivity contribution in [3.8, 4) is 17.1 Å². The van der Waals surface area contributed by atoms with Gasteiger partial charge in [0.15, 0.2) is 5.96 Å². The second-order valence-corrected chi connectivity index (χ2v) is 7.15. The molecule has 0 saturated carbocycles. The van der Waals surface area contributed by atoms with Crippen LogP contribution < -0.4 is 15.4 Å². The molecule has 1 heterocycles. The van der Waals surface area contributed by atoms with Crippen LogP contribution in [0.4, 0.5) is 0 Å². The molecule has 0 amide bonds. The molecule has 0 unspecified atom stereocenters. The Morgan fingerprint density at radius 2 is 2.07 bits per heavy atom. The molecule has 8 heteroatoms. The topological polar surface area (TPSA) is 84.6 Å². The van der Waals surface area contributed by atoms with Crippen molar-refractivity contribution in [3.05, 3.63) is 64.5 Å². The quantitative estimate of drug-likeness (QED) is 0.417. The van der Waals surface area contributed by atoms with Gasteiger partial charge in [0.05, 0.1) is 13.7 Å². The average molecular weight is 428 g/mol. The number of nitrogens with one attached hydrogen (secondary N) is 2. The van der Waals surface area contributed by atoms with Crippen LogP contribution in [-0.2, 0) is 13.0 Å². The predicted octanol–water partition coefficient (Wildman–Crippen LogP) is 4.00. The molecule has 2 N–H and O–H groups in total. The summed E-state index contributed by atoms with van der Waals surface area (Å²) in [6.45, 7) is 5.94. The van der Waals surface area contributed by atoms with Gasteiger partial charge in [0, 0.05) is 35.7 Å². The summed E-state index contributed by atoms with van der Waals surface area (Å²) < 4.78 is 10.8. The molecule has 0 fully saturated rings. The molecule has 0 saturated heterocycles. The lowest BCUT2D eigenvalue weighted by Gasteiger charge is -2.12. The molecule has 1 aromatic heterocycles. The molecule has 2 aromatic carbocycles. The number of hydrogen-bond donors (Lipinski definition) is 2. The molecule has 158 valence electrons. The SMILES string of the molecule is CCNC(=NCc1ccc(C)cc1OC)NCCc1nc(-c2cccc(Cl)c2)no1. The van der Waals surface area contributed by atoms with Crippen LogP contribution in [0.2, 0.25) is 5.02 Å². The number of aryl methyl sites for hydroxylation is 1. The van der Waals surface area contributed by atoms with Gasteiger partial charge in [-0.15, -0.1) is 0 Å². The number of guanidine groups is 1. The van der Waals surface area contributed by atoms with E-state index in [0.29, 0.717) is 36.2 Å². The van der Waals surface area contributed by atoms with E-state index in [-0.39, 0.29) is 0 Å². The number of halogens is 1. The number of aliphatic imine (C=N–C) groups is 1. The monoisotopic (exact) mass is 427 g/mol. The first-order valence-corrected chi connectivity index (χ1v) is 10.2.